The Bertz CT molecular complexity index is 484. The number of carbonyl (C=O) groups is 1. The van der Waals surface area contributed by atoms with Gasteiger partial charge in [-0.2, -0.15) is 4.98 Å². The van der Waals surface area contributed by atoms with Gasteiger partial charge in [-0.15, -0.1) is 0 Å². The number of rotatable bonds is 3. The number of aromatic nitrogens is 2. The highest BCUT2D eigenvalue weighted by Gasteiger charge is 2.32. The van der Waals surface area contributed by atoms with Crippen molar-refractivity contribution in [1.82, 2.24) is 20.2 Å². The van der Waals surface area contributed by atoms with Gasteiger partial charge >= 0.3 is 6.03 Å². The predicted octanol–water partition coefficient (Wildman–Crippen LogP) is 1.95. The van der Waals surface area contributed by atoms with E-state index in [-0.39, 0.29) is 11.6 Å². The Balaban J connectivity index is 1.71. The van der Waals surface area contributed by atoms with Gasteiger partial charge in [0.15, 0.2) is 5.15 Å². The molecular weight excluding hydrogens is 280 g/mol. The second kappa shape index (κ2) is 5.83. The number of likely N-dealkylation sites (tertiary alicyclic amines) is 1. The molecule has 0 spiro atoms. The van der Waals surface area contributed by atoms with Crippen LogP contribution in [0, 0.1) is 5.92 Å². The number of hydrogen-bond donors (Lipinski definition) is 1. The molecule has 2 rings (SSSR count). The molecule has 0 saturated carbocycles. The number of halogens is 1. The summed E-state index contributed by atoms with van der Waals surface area (Å²) < 4.78 is 5.50. The summed E-state index contributed by atoms with van der Waals surface area (Å²) in [6, 6.07) is -0.0312. The number of carbonyl (C=O) groups excluding carboxylic acids is 1. The van der Waals surface area contributed by atoms with E-state index in [4.69, 9.17) is 16.3 Å². The van der Waals surface area contributed by atoms with Gasteiger partial charge in [0, 0.05) is 24.5 Å². The molecule has 2 heterocycles. The molecule has 1 aromatic rings. The fraction of sp³-hybridized carbons (Fsp3) is 0.615. The first kappa shape index (κ1) is 14.8. The highest BCUT2D eigenvalue weighted by Crippen LogP contribution is 2.18. The Morgan fingerprint density at radius 3 is 2.80 bits per heavy atom. The standard InChI is InChI=1S/C13H19ClN4O2/c1-13(2,3)17-12(19)18-6-9(7-18)8-20-11-5-15-4-10(14)16-11/h4-5,9H,6-8H2,1-3H3,(H,17,19). The van der Waals surface area contributed by atoms with Crippen LogP contribution in [-0.2, 0) is 0 Å². The van der Waals surface area contributed by atoms with Crippen LogP contribution in [0.15, 0.2) is 12.4 Å². The number of urea groups is 1. The van der Waals surface area contributed by atoms with E-state index in [1.807, 2.05) is 20.8 Å². The van der Waals surface area contributed by atoms with Gasteiger partial charge in [0.2, 0.25) is 5.88 Å². The monoisotopic (exact) mass is 298 g/mol. The Labute approximate surface area is 123 Å². The molecule has 1 saturated heterocycles. The van der Waals surface area contributed by atoms with Crippen molar-refractivity contribution in [3.05, 3.63) is 17.5 Å². The number of nitrogens with zero attached hydrogens (tertiary/aromatic N) is 3. The van der Waals surface area contributed by atoms with E-state index in [9.17, 15) is 4.79 Å². The third kappa shape index (κ3) is 4.23. The topological polar surface area (TPSA) is 67.4 Å². The number of hydrogen-bond acceptors (Lipinski definition) is 4. The number of nitrogens with one attached hydrogen (secondary N) is 1. The number of ether oxygens (including phenoxy) is 1. The van der Waals surface area contributed by atoms with Crippen LogP contribution in [0.5, 0.6) is 5.88 Å². The van der Waals surface area contributed by atoms with Crippen molar-refractivity contribution in [2.24, 2.45) is 5.92 Å². The quantitative estimate of drug-likeness (QED) is 0.926. The molecule has 1 fully saturated rings. The maximum absolute atomic E-state index is 11.8. The van der Waals surface area contributed by atoms with Gasteiger partial charge in [0.1, 0.15) is 0 Å². The van der Waals surface area contributed by atoms with Crippen molar-refractivity contribution in [3.8, 4) is 5.88 Å². The fourth-order valence-electron chi connectivity index (χ4n) is 1.84. The Morgan fingerprint density at radius 1 is 1.50 bits per heavy atom. The van der Waals surface area contributed by atoms with Crippen LogP contribution < -0.4 is 10.1 Å². The summed E-state index contributed by atoms with van der Waals surface area (Å²) in [5, 5.41) is 3.24. The minimum atomic E-state index is -0.213. The van der Waals surface area contributed by atoms with Crippen molar-refractivity contribution >= 4 is 17.6 Å². The molecule has 0 aromatic carbocycles. The zero-order chi connectivity index (χ0) is 14.8. The van der Waals surface area contributed by atoms with Crippen molar-refractivity contribution in [2.45, 2.75) is 26.3 Å². The summed E-state index contributed by atoms with van der Waals surface area (Å²) in [7, 11) is 0. The first-order valence-corrected chi connectivity index (χ1v) is 6.89. The van der Waals surface area contributed by atoms with E-state index in [0.717, 1.165) is 0 Å². The molecule has 0 aliphatic carbocycles. The van der Waals surface area contributed by atoms with Crippen molar-refractivity contribution in [1.29, 1.82) is 0 Å². The highest BCUT2D eigenvalue weighted by molar-refractivity contribution is 6.29. The van der Waals surface area contributed by atoms with Crippen LogP contribution in [-0.4, -0.2) is 46.1 Å². The van der Waals surface area contributed by atoms with Crippen molar-refractivity contribution in [2.75, 3.05) is 19.7 Å². The van der Waals surface area contributed by atoms with Gasteiger partial charge in [-0.1, -0.05) is 11.6 Å². The normalized spacial score (nSPS) is 15.7. The molecule has 0 bridgehead atoms. The van der Waals surface area contributed by atoms with E-state index >= 15 is 0 Å². The van der Waals surface area contributed by atoms with Crippen molar-refractivity contribution < 1.29 is 9.53 Å². The van der Waals surface area contributed by atoms with Crippen LogP contribution in [0.1, 0.15) is 20.8 Å². The average Bonchev–Trinajstić information content (AvgIpc) is 2.24. The summed E-state index contributed by atoms with van der Waals surface area (Å²) in [5.74, 6) is 0.733. The van der Waals surface area contributed by atoms with E-state index < -0.39 is 0 Å². The Kier molecular flexibility index (Phi) is 4.32. The van der Waals surface area contributed by atoms with E-state index in [2.05, 4.69) is 15.3 Å². The summed E-state index contributed by atoms with van der Waals surface area (Å²) in [6.45, 7) is 7.77. The molecule has 0 radical (unpaired) electrons. The first-order valence-electron chi connectivity index (χ1n) is 6.51. The molecule has 1 N–H and O–H groups in total. The molecule has 0 unspecified atom stereocenters. The van der Waals surface area contributed by atoms with Gasteiger partial charge in [0.25, 0.3) is 0 Å². The smallest absolute Gasteiger partial charge is 0.317 e. The van der Waals surface area contributed by atoms with Gasteiger partial charge in [-0.3, -0.25) is 4.98 Å². The molecular formula is C13H19ClN4O2. The molecule has 1 aliphatic rings. The molecule has 1 aliphatic heterocycles. The lowest BCUT2D eigenvalue weighted by molar-refractivity contribution is 0.0808. The maximum atomic E-state index is 11.8. The number of amides is 2. The lowest BCUT2D eigenvalue weighted by atomic mass is 10.0. The average molecular weight is 299 g/mol. The largest absolute Gasteiger partial charge is 0.476 e. The second-order valence-electron chi connectivity index (χ2n) is 5.94. The minimum Gasteiger partial charge on any atom is -0.476 e. The molecule has 20 heavy (non-hydrogen) atoms. The fourth-order valence-corrected chi connectivity index (χ4v) is 1.98. The highest BCUT2D eigenvalue weighted by atomic mass is 35.5. The van der Waals surface area contributed by atoms with E-state index in [1.54, 1.807) is 4.90 Å². The van der Waals surface area contributed by atoms with Crippen LogP contribution in [0.4, 0.5) is 4.79 Å². The summed E-state index contributed by atoms with van der Waals surface area (Å²) >= 11 is 5.72. The summed E-state index contributed by atoms with van der Waals surface area (Å²) in [6.07, 6.45) is 2.98. The maximum Gasteiger partial charge on any atom is 0.317 e. The summed E-state index contributed by atoms with van der Waals surface area (Å²) in [5.41, 5.74) is -0.213. The van der Waals surface area contributed by atoms with Gasteiger partial charge in [-0.05, 0) is 20.8 Å². The lowest BCUT2D eigenvalue weighted by Gasteiger charge is -2.40. The molecule has 6 nitrogen and oxygen atoms in total. The zero-order valence-electron chi connectivity index (χ0n) is 11.9. The van der Waals surface area contributed by atoms with Crippen LogP contribution >= 0.6 is 11.6 Å². The Hall–Kier alpha value is -1.56. The van der Waals surface area contributed by atoms with Gasteiger partial charge < -0.3 is 15.0 Å². The third-order valence-corrected chi connectivity index (χ3v) is 2.96. The zero-order valence-corrected chi connectivity index (χ0v) is 12.6. The molecule has 2 amide bonds. The lowest BCUT2D eigenvalue weighted by Crippen LogP contribution is -2.58. The van der Waals surface area contributed by atoms with E-state index in [1.165, 1.54) is 12.4 Å². The molecule has 0 atom stereocenters. The minimum absolute atomic E-state index is 0.0312. The predicted molar refractivity (Wildman–Crippen MR) is 75.9 cm³/mol. The first-order chi connectivity index (χ1) is 9.33. The SMILES string of the molecule is CC(C)(C)NC(=O)N1CC(COc2cncc(Cl)n2)C1. The molecule has 7 heteroatoms. The van der Waals surface area contributed by atoms with Crippen LogP contribution in [0.3, 0.4) is 0 Å². The molecule has 1 aromatic heterocycles. The second-order valence-corrected chi connectivity index (χ2v) is 6.33. The third-order valence-electron chi connectivity index (χ3n) is 2.78. The van der Waals surface area contributed by atoms with Crippen LogP contribution in [0.2, 0.25) is 5.15 Å². The summed E-state index contributed by atoms with van der Waals surface area (Å²) in [4.78, 5) is 21.5. The Morgan fingerprint density at radius 2 is 2.20 bits per heavy atom. The molecule has 110 valence electrons. The van der Waals surface area contributed by atoms with Gasteiger partial charge in [0.05, 0.1) is 19.0 Å². The van der Waals surface area contributed by atoms with Crippen LogP contribution in [0.25, 0.3) is 0 Å². The van der Waals surface area contributed by atoms with Gasteiger partial charge in [-0.25, -0.2) is 4.79 Å². The van der Waals surface area contributed by atoms with E-state index in [0.29, 0.717) is 36.6 Å². The van der Waals surface area contributed by atoms with Crippen molar-refractivity contribution in [3.63, 3.8) is 0 Å².